The van der Waals surface area contributed by atoms with Gasteiger partial charge in [0.2, 0.25) is 0 Å². The van der Waals surface area contributed by atoms with E-state index in [-0.39, 0.29) is 5.69 Å². The number of benzene rings is 2. The maximum Gasteiger partial charge on any atom is 0.270 e. The van der Waals surface area contributed by atoms with E-state index in [4.69, 9.17) is 28.2 Å². The molecule has 0 aliphatic carbocycles. The average molecular weight is 428 g/mol. The molecule has 148 valence electrons. The molecular formula is C21H18ClN3O3S. The third kappa shape index (κ3) is 4.26. The first kappa shape index (κ1) is 19.4. The Morgan fingerprint density at radius 2 is 1.79 bits per heavy atom. The van der Waals surface area contributed by atoms with E-state index in [1.807, 2.05) is 24.3 Å². The number of nitrogens with zero attached hydrogens (tertiary/aromatic N) is 3. The van der Waals surface area contributed by atoms with Crippen LogP contribution in [0.4, 0.5) is 11.4 Å². The van der Waals surface area contributed by atoms with Gasteiger partial charge in [0.25, 0.3) is 5.69 Å². The number of non-ortho nitro benzene ring substituents is 1. The van der Waals surface area contributed by atoms with Crippen LogP contribution in [-0.2, 0) is 0 Å². The highest BCUT2D eigenvalue weighted by molar-refractivity contribution is 7.80. The van der Waals surface area contributed by atoms with Gasteiger partial charge in [-0.15, -0.1) is 0 Å². The normalized spacial score (nSPS) is 14.1. The lowest BCUT2D eigenvalue weighted by Crippen LogP contribution is -2.48. The van der Waals surface area contributed by atoms with Gasteiger partial charge >= 0.3 is 0 Å². The summed E-state index contributed by atoms with van der Waals surface area (Å²) >= 11 is 11.7. The van der Waals surface area contributed by atoms with E-state index in [0.29, 0.717) is 22.1 Å². The Hall–Kier alpha value is -2.90. The fourth-order valence-electron chi connectivity index (χ4n) is 3.38. The Morgan fingerprint density at radius 3 is 2.52 bits per heavy atom. The van der Waals surface area contributed by atoms with E-state index in [2.05, 4.69) is 15.9 Å². The van der Waals surface area contributed by atoms with Gasteiger partial charge in [0, 0.05) is 54.6 Å². The molecule has 0 atom stereocenters. The van der Waals surface area contributed by atoms with Crippen LogP contribution in [0.25, 0.3) is 11.3 Å². The van der Waals surface area contributed by atoms with Crippen LogP contribution in [0.1, 0.15) is 5.76 Å². The van der Waals surface area contributed by atoms with Crippen molar-refractivity contribution in [1.82, 2.24) is 4.90 Å². The number of hydrogen-bond donors (Lipinski definition) is 0. The molecule has 1 fully saturated rings. The second kappa shape index (κ2) is 8.23. The number of hydrogen-bond acceptors (Lipinski definition) is 5. The summed E-state index contributed by atoms with van der Waals surface area (Å²) < 4.78 is 5.91. The average Bonchev–Trinajstić information content (AvgIpc) is 3.24. The van der Waals surface area contributed by atoms with Crippen molar-refractivity contribution in [2.24, 2.45) is 0 Å². The van der Waals surface area contributed by atoms with Crippen molar-refractivity contribution < 1.29 is 9.34 Å². The molecule has 0 unspecified atom stereocenters. The van der Waals surface area contributed by atoms with Crippen LogP contribution in [0.5, 0.6) is 0 Å². The van der Waals surface area contributed by atoms with Crippen molar-refractivity contribution in [3.05, 3.63) is 81.6 Å². The molecule has 0 spiro atoms. The summed E-state index contributed by atoms with van der Waals surface area (Å²) in [6, 6.07) is 17.8. The smallest absolute Gasteiger partial charge is 0.270 e. The Morgan fingerprint density at radius 1 is 1.03 bits per heavy atom. The summed E-state index contributed by atoms with van der Waals surface area (Å²) in [7, 11) is 0. The number of piperazine rings is 1. The third-order valence-corrected chi connectivity index (χ3v) is 5.59. The Balaban J connectivity index is 1.43. The lowest BCUT2D eigenvalue weighted by molar-refractivity contribution is -0.384. The fraction of sp³-hybridized carbons (Fsp3) is 0.190. The number of nitro groups is 1. The summed E-state index contributed by atoms with van der Waals surface area (Å²) in [5.74, 6) is 1.15. The number of furan rings is 1. The molecule has 6 nitrogen and oxygen atoms in total. The van der Waals surface area contributed by atoms with E-state index in [1.54, 1.807) is 18.2 Å². The van der Waals surface area contributed by atoms with Crippen LogP contribution in [0.2, 0.25) is 5.02 Å². The van der Waals surface area contributed by atoms with Crippen LogP contribution >= 0.6 is 23.8 Å². The molecule has 1 aliphatic rings. The first-order valence-corrected chi connectivity index (χ1v) is 9.94. The minimum atomic E-state index is -0.419. The molecule has 8 heteroatoms. The van der Waals surface area contributed by atoms with E-state index in [9.17, 15) is 10.1 Å². The molecule has 0 amide bonds. The van der Waals surface area contributed by atoms with Crippen molar-refractivity contribution >= 4 is 40.2 Å². The maximum absolute atomic E-state index is 11.0. The SMILES string of the molecule is O=[N+]([O-])c1cccc(-c2ccc(C(=S)N3CCN(c4cccc(Cl)c4)CC3)o2)c1. The molecule has 4 rings (SSSR count). The minimum Gasteiger partial charge on any atom is -0.454 e. The predicted octanol–water partition coefficient (Wildman–Crippen LogP) is 5.01. The molecule has 0 saturated carbocycles. The van der Waals surface area contributed by atoms with Crippen LogP contribution in [0.15, 0.2) is 65.1 Å². The third-order valence-electron chi connectivity index (χ3n) is 4.90. The zero-order chi connectivity index (χ0) is 20.4. The molecule has 0 bridgehead atoms. The number of rotatable bonds is 4. The zero-order valence-electron chi connectivity index (χ0n) is 15.5. The summed E-state index contributed by atoms with van der Waals surface area (Å²) in [6.45, 7) is 3.22. The van der Waals surface area contributed by atoms with Crippen molar-refractivity contribution in [3.63, 3.8) is 0 Å². The quantitative estimate of drug-likeness (QED) is 0.331. The molecule has 0 N–H and O–H groups in total. The standard InChI is InChI=1S/C21H18ClN3O3S/c22-16-4-2-5-17(14-16)23-9-11-24(12-10-23)21(29)20-8-7-19(28-20)15-3-1-6-18(13-15)25(26)27/h1-8,13-14H,9-12H2. The largest absolute Gasteiger partial charge is 0.454 e. The topological polar surface area (TPSA) is 62.8 Å². The first-order valence-electron chi connectivity index (χ1n) is 9.16. The minimum absolute atomic E-state index is 0.0279. The fourth-order valence-corrected chi connectivity index (χ4v) is 3.85. The van der Waals surface area contributed by atoms with Crippen molar-refractivity contribution in [1.29, 1.82) is 0 Å². The molecular weight excluding hydrogens is 410 g/mol. The van der Waals surface area contributed by atoms with E-state index in [0.717, 1.165) is 36.9 Å². The predicted molar refractivity (Wildman–Crippen MR) is 118 cm³/mol. The monoisotopic (exact) mass is 427 g/mol. The molecule has 1 aromatic heterocycles. The number of thiocarbonyl (C=S) groups is 1. The highest BCUT2D eigenvalue weighted by Crippen LogP contribution is 2.27. The van der Waals surface area contributed by atoms with E-state index in [1.165, 1.54) is 12.1 Å². The van der Waals surface area contributed by atoms with E-state index < -0.39 is 4.92 Å². The second-order valence-electron chi connectivity index (χ2n) is 6.73. The van der Waals surface area contributed by atoms with Gasteiger partial charge in [-0.2, -0.15) is 0 Å². The molecule has 2 heterocycles. The number of halogens is 1. The van der Waals surface area contributed by atoms with Crippen molar-refractivity contribution in [3.8, 4) is 11.3 Å². The van der Waals surface area contributed by atoms with Gasteiger partial charge < -0.3 is 14.2 Å². The Bertz CT molecular complexity index is 1060. The maximum atomic E-state index is 11.0. The zero-order valence-corrected chi connectivity index (χ0v) is 17.0. The highest BCUT2D eigenvalue weighted by atomic mass is 35.5. The van der Waals surface area contributed by atoms with Crippen LogP contribution < -0.4 is 4.90 Å². The molecule has 29 heavy (non-hydrogen) atoms. The van der Waals surface area contributed by atoms with Crippen LogP contribution in [-0.4, -0.2) is 41.0 Å². The van der Waals surface area contributed by atoms with Crippen molar-refractivity contribution in [2.75, 3.05) is 31.1 Å². The van der Waals surface area contributed by atoms with Crippen LogP contribution in [0.3, 0.4) is 0 Å². The summed E-state index contributed by atoms with van der Waals surface area (Å²) in [4.78, 5) is 15.6. The summed E-state index contributed by atoms with van der Waals surface area (Å²) in [6.07, 6.45) is 0. The molecule has 1 aliphatic heterocycles. The molecule has 3 aromatic rings. The van der Waals surface area contributed by atoms with E-state index >= 15 is 0 Å². The molecule has 1 saturated heterocycles. The number of anilines is 1. The van der Waals surface area contributed by atoms with Crippen LogP contribution in [0, 0.1) is 10.1 Å². The van der Waals surface area contributed by atoms with Gasteiger partial charge in [-0.1, -0.05) is 42.0 Å². The number of nitro benzene ring substituents is 1. The van der Waals surface area contributed by atoms with Gasteiger partial charge in [0.1, 0.15) is 10.7 Å². The van der Waals surface area contributed by atoms with Crippen molar-refractivity contribution in [2.45, 2.75) is 0 Å². The summed E-state index contributed by atoms with van der Waals surface area (Å²) in [5, 5.41) is 11.7. The van der Waals surface area contributed by atoms with Gasteiger partial charge in [-0.25, -0.2) is 0 Å². The summed E-state index contributed by atoms with van der Waals surface area (Å²) in [5.41, 5.74) is 1.79. The van der Waals surface area contributed by atoms with Gasteiger partial charge in [0.05, 0.1) is 4.92 Å². The molecule has 0 radical (unpaired) electrons. The highest BCUT2D eigenvalue weighted by Gasteiger charge is 2.22. The first-order chi connectivity index (χ1) is 14.0. The molecule has 2 aromatic carbocycles. The lowest BCUT2D eigenvalue weighted by Gasteiger charge is -2.37. The Labute approximate surface area is 178 Å². The van der Waals surface area contributed by atoms with Gasteiger partial charge in [-0.3, -0.25) is 10.1 Å². The van der Waals surface area contributed by atoms with Gasteiger partial charge in [-0.05, 0) is 30.3 Å². The lowest BCUT2D eigenvalue weighted by atomic mass is 10.1. The Kier molecular flexibility index (Phi) is 5.51. The second-order valence-corrected chi connectivity index (χ2v) is 7.55. The van der Waals surface area contributed by atoms with Gasteiger partial charge in [0.15, 0.2) is 5.76 Å².